The van der Waals surface area contributed by atoms with E-state index in [1.165, 1.54) is 0 Å². The van der Waals surface area contributed by atoms with Crippen molar-refractivity contribution in [3.05, 3.63) is 101 Å². The van der Waals surface area contributed by atoms with Gasteiger partial charge in [0.25, 0.3) is 0 Å². The van der Waals surface area contributed by atoms with Gasteiger partial charge in [-0.1, -0.05) is 73.1 Å². The lowest BCUT2D eigenvalue weighted by Crippen LogP contribution is -2.43. The Bertz CT molecular complexity index is 1360. The molecule has 0 heterocycles. The highest BCUT2D eigenvalue weighted by atomic mass is 35.5. The molecule has 3 aromatic rings. The molecule has 1 aliphatic rings. The van der Waals surface area contributed by atoms with Gasteiger partial charge >= 0.3 is 0 Å². The van der Waals surface area contributed by atoms with Crippen molar-refractivity contribution in [2.24, 2.45) is 0 Å². The summed E-state index contributed by atoms with van der Waals surface area (Å²) in [5.74, 6) is -0.416. The van der Waals surface area contributed by atoms with Gasteiger partial charge in [-0.15, -0.1) is 0 Å². The lowest BCUT2D eigenvalue weighted by molar-refractivity contribution is -0.141. The maximum absolute atomic E-state index is 13.7. The Morgan fingerprint density at radius 3 is 2.21 bits per heavy atom. The summed E-state index contributed by atoms with van der Waals surface area (Å²) in [5, 5.41) is 3.55. The summed E-state index contributed by atoms with van der Waals surface area (Å²) < 4.78 is 27.6. The van der Waals surface area contributed by atoms with Gasteiger partial charge in [-0.25, -0.2) is 13.1 Å². The quantitative estimate of drug-likeness (QED) is 0.303. The molecule has 0 aliphatic heterocycles. The highest BCUT2D eigenvalue weighted by Crippen LogP contribution is 2.26. The van der Waals surface area contributed by atoms with Crippen molar-refractivity contribution in [3.8, 4) is 0 Å². The molecule has 0 saturated heterocycles. The summed E-state index contributed by atoms with van der Waals surface area (Å²) in [5.41, 5.74) is 2.42. The molecule has 1 saturated carbocycles. The van der Waals surface area contributed by atoms with Gasteiger partial charge in [0.05, 0.1) is 4.90 Å². The summed E-state index contributed by atoms with van der Waals surface area (Å²) >= 11 is 6.08. The molecule has 206 valence electrons. The fourth-order valence-electron chi connectivity index (χ4n) is 4.28. The summed E-state index contributed by atoms with van der Waals surface area (Å²) in [7, 11) is -3.53. The zero-order valence-electron chi connectivity index (χ0n) is 22.0. The van der Waals surface area contributed by atoms with Crippen LogP contribution in [0.15, 0.2) is 83.8 Å². The zero-order chi connectivity index (χ0) is 27.8. The molecular weight excluding hydrogens is 534 g/mol. The maximum atomic E-state index is 13.7. The molecule has 2 amide bonds. The van der Waals surface area contributed by atoms with Gasteiger partial charge in [-0.2, -0.15) is 0 Å². The number of carbonyl (C=O) groups is 2. The van der Waals surface area contributed by atoms with Crippen LogP contribution in [0, 0.1) is 0 Å². The fourth-order valence-corrected chi connectivity index (χ4v) is 5.71. The van der Waals surface area contributed by atoms with E-state index >= 15 is 0 Å². The van der Waals surface area contributed by atoms with Crippen molar-refractivity contribution in [2.75, 3.05) is 6.54 Å². The third-order valence-electron chi connectivity index (χ3n) is 6.57. The summed E-state index contributed by atoms with van der Waals surface area (Å²) in [6.07, 6.45) is 3.08. The number of amides is 2. The Morgan fingerprint density at radius 2 is 1.59 bits per heavy atom. The molecule has 3 aromatic carbocycles. The molecule has 2 N–H and O–H groups in total. The molecule has 4 rings (SSSR count). The van der Waals surface area contributed by atoms with E-state index in [1.807, 2.05) is 49.4 Å². The molecule has 7 nitrogen and oxygen atoms in total. The van der Waals surface area contributed by atoms with Crippen LogP contribution in [0.4, 0.5) is 0 Å². The van der Waals surface area contributed by atoms with Crippen LogP contribution < -0.4 is 10.0 Å². The molecule has 9 heteroatoms. The van der Waals surface area contributed by atoms with Crippen molar-refractivity contribution in [1.82, 2.24) is 14.9 Å². The van der Waals surface area contributed by atoms with Crippen LogP contribution in [-0.4, -0.2) is 37.7 Å². The maximum Gasteiger partial charge on any atom is 0.247 e. The Morgan fingerprint density at radius 1 is 0.949 bits per heavy atom. The van der Waals surface area contributed by atoms with Gasteiger partial charge in [-0.05, 0) is 66.6 Å². The van der Waals surface area contributed by atoms with E-state index in [1.54, 1.807) is 41.3 Å². The first-order chi connectivity index (χ1) is 18.8. The lowest BCUT2D eigenvalue weighted by atomic mass is 10.0. The van der Waals surface area contributed by atoms with Crippen LogP contribution in [0.25, 0.3) is 0 Å². The van der Waals surface area contributed by atoms with E-state index < -0.39 is 16.1 Å². The number of hydrogen-bond acceptors (Lipinski definition) is 4. The fraction of sp³-hybridized carbons (Fsp3) is 0.333. The van der Waals surface area contributed by atoms with Crippen LogP contribution in [-0.2, 0) is 32.6 Å². The largest absolute Gasteiger partial charge is 0.354 e. The molecule has 0 radical (unpaired) electrons. The minimum atomic E-state index is -3.53. The average molecular weight is 568 g/mol. The van der Waals surface area contributed by atoms with Crippen LogP contribution in [0.2, 0.25) is 5.02 Å². The van der Waals surface area contributed by atoms with Crippen molar-refractivity contribution >= 4 is 33.4 Å². The van der Waals surface area contributed by atoms with E-state index in [9.17, 15) is 18.0 Å². The molecular formula is C30H34ClN3O4S. The number of benzene rings is 3. The summed E-state index contributed by atoms with van der Waals surface area (Å²) in [6.45, 7) is 2.72. The van der Waals surface area contributed by atoms with Crippen LogP contribution in [0.5, 0.6) is 0 Å². The summed E-state index contributed by atoms with van der Waals surface area (Å²) in [6, 6.07) is 22.4. The SMILES string of the molecule is CCCNC(=O)C(c1ccccc1)N(Cc1ccc(Cl)cc1)C(=O)CCc1ccc(S(=O)(=O)NC2CC2)cc1. The number of rotatable bonds is 13. The van der Waals surface area contributed by atoms with Crippen molar-refractivity contribution in [2.45, 2.75) is 62.6 Å². The van der Waals surface area contributed by atoms with Gasteiger partial charge in [0.15, 0.2) is 0 Å². The molecule has 0 spiro atoms. The standard InChI is InChI=1S/C30H34ClN3O4S/c1-2-20-32-30(36)29(24-6-4-3-5-7-24)34(21-23-8-13-25(31)14-9-23)28(35)19-12-22-10-17-27(18-11-22)39(37,38)33-26-15-16-26/h3-11,13-14,17-18,26,29,33H,2,12,15-16,19-21H2,1H3,(H,32,36). The number of sulfonamides is 1. The minimum absolute atomic E-state index is 0.0333. The second-order valence-corrected chi connectivity index (χ2v) is 11.9. The second-order valence-electron chi connectivity index (χ2n) is 9.79. The normalized spacial score (nSPS) is 14.0. The van der Waals surface area contributed by atoms with Crippen molar-refractivity contribution < 1.29 is 18.0 Å². The smallest absolute Gasteiger partial charge is 0.247 e. The predicted molar refractivity (Wildman–Crippen MR) is 153 cm³/mol. The Labute approximate surface area is 235 Å². The Hall–Kier alpha value is -3.20. The van der Waals surface area contributed by atoms with Gasteiger partial charge in [0, 0.05) is 30.6 Å². The third kappa shape index (κ3) is 8.14. The molecule has 1 unspecified atom stereocenters. The van der Waals surface area contributed by atoms with Crippen molar-refractivity contribution in [1.29, 1.82) is 0 Å². The molecule has 0 bridgehead atoms. The first-order valence-electron chi connectivity index (χ1n) is 13.2. The van der Waals surface area contributed by atoms with E-state index in [4.69, 9.17) is 11.6 Å². The zero-order valence-corrected chi connectivity index (χ0v) is 23.5. The number of hydrogen-bond donors (Lipinski definition) is 2. The van der Waals surface area contributed by atoms with Gasteiger partial charge < -0.3 is 10.2 Å². The lowest BCUT2D eigenvalue weighted by Gasteiger charge is -2.32. The number of halogens is 1. The number of aryl methyl sites for hydroxylation is 1. The minimum Gasteiger partial charge on any atom is -0.354 e. The first-order valence-corrected chi connectivity index (χ1v) is 15.1. The highest BCUT2D eigenvalue weighted by Gasteiger charge is 2.31. The van der Waals surface area contributed by atoms with E-state index in [2.05, 4.69) is 10.0 Å². The second kappa shape index (κ2) is 13.2. The van der Waals surface area contributed by atoms with Crippen LogP contribution in [0.1, 0.15) is 55.3 Å². The Balaban J connectivity index is 1.55. The molecule has 0 aromatic heterocycles. The van der Waals surface area contributed by atoms with Gasteiger partial charge in [0.1, 0.15) is 6.04 Å². The first kappa shape index (κ1) is 28.8. The molecule has 39 heavy (non-hydrogen) atoms. The molecule has 1 atom stereocenters. The van der Waals surface area contributed by atoms with Gasteiger partial charge in [0.2, 0.25) is 21.8 Å². The predicted octanol–water partition coefficient (Wildman–Crippen LogP) is 5.01. The van der Waals surface area contributed by atoms with E-state index in [-0.39, 0.29) is 35.7 Å². The summed E-state index contributed by atoms with van der Waals surface area (Å²) in [4.78, 5) is 29.0. The third-order valence-corrected chi connectivity index (χ3v) is 8.36. The van der Waals surface area contributed by atoms with E-state index in [0.29, 0.717) is 18.0 Å². The number of carbonyl (C=O) groups excluding carboxylic acids is 2. The van der Waals surface area contributed by atoms with Gasteiger partial charge in [-0.3, -0.25) is 9.59 Å². The van der Waals surface area contributed by atoms with E-state index in [0.717, 1.165) is 36.0 Å². The topological polar surface area (TPSA) is 95.6 Å². The van der Waals surface area contributed by atoms with Crippen LogP contribution in [0.3, 0.4) is 0 Å². The Kier molecular flexibility index (Phi) is 9.78. The van der Waals surface area contributed by atoms with Crippen molar-refractivity contribution in [3.63, 3.8) is 0 Å². The average Bonchev–Trinajstić information content (AvgIpc) is 3.75. The molecule has 1 fully saturated rings. The highest BCUT2D eigenvalue weighted by molar-refractivity contribution is 7.89. The number of nitrogens with zero attached hydrogens (tertiary/aromatic N) is 1. The van der Waals surface area contributed by atoms with Crippen LogP contribution >= 0.6 is 11.6 Å². The monoisotopic (exact) mass is 567 g/mol. The number of nitrogens with one attached hydrogen (secondary N) is 2. The molecule has 1 aliphatic carbocycles.